The van der Waals surface area contributed by atoms with Gasteiger partial charge in [-0.15, -0.1) is 0 Å². The van der Waals surface area contributed by atoms with E-state index >= 15 is 0 Å². The zero-order chi connectivity index (χ0) is 11.7. The first-order valence-corrected chi connectivity index (χ1v) is 5.47. The lowest BCUT2D eigenvalue weighted by Crippen LogP contribution is -2.34. The predicted molar refractivity (Wildman–Crippen MR) is 56.9 cm³/mol. The van der Waals surface area contributed by atoms with Crippen LogP contribution in [0.25, 0.3) is 0 Å². The van der Waals surface area contributed by atoms with Gasteiger partial charge in [-0.05, 0) is 25.8 Å². The third kappa shape index (κ3) is 2.57. The van der Waals surface area contributed by atoms with Gasteiger partial charge in [0.2, 0.25) is 0 Å². The molecule has 0 amide bonds. The van der Waals surface area contributed by atoms with Crippen molar-refractivity contribution in [3.63, 3.8) is 0 Å². The van der Waals surface area contributed by atoms with Crippen LogP contribution in [0.15, 0.2) is 18.2 Å². The molecule has 0 saturated heterocycles. The summed E-state index contributed by atoms with van der Waals surface area (Å²) in [6.07, 6.45) is 1.26. The Kier molecular flexibility index (Phi) is 3.21. The molecule has 0 radical (unpaired) electrons. The minimum atomic E-state index is -0.943. The smallest absolute Gasteiger partial charge is 0.131 e. The van der Waals surface area contributed by atoms with Gasteiger partial charge >= 0.3 is 0 Å². The molecule has 2 N–H and O–H groups in total. The van der Waals surface area contributed by atoms with E-state index in [0.29, 0.717) is 6.04 Å². The number of aliphatic hydroxyl groups is 1. The number of nitrogens with one attached hydrogen (secondary N) is 1. The Labute approximate surface area is 93.3 Å². The van der Waals surface area contributed by atoms with Gasteiger partial charge in [0.05, 0.1) is 6.10 Å². The Hall–Kier alpha value is -1.00. The van der Waals surface area contributed by atoms with Crippen LogP contribution in [0.1, 0.15) is 31.4 Å². The standard InChI is InChI=1S/C12H15F2NO/c1-7(15-9-3-4-9)12(16)10-5-2-8(13)6-11(10)14/h2,5-7,9,12,15-16H,3-4H2,1H3. The quantitative estimate of drug-likeness (QED) is 0.826. The van der Waals surface area contributed by atoms with Crippen molar-refractivity contribution < 1.29 is 13.9 Å². The number of hydrogen-bond acceptors (Lipinski definition) is 2. The van der Waals surface area contributed by atoms with Gasteiger partial charge in [-0.3, -0.25) is 0 Å². The zero-order valence-corrected chi connectivity index (χ0v) is 9.08. The molecule has 2 rings (SSSR count). The Balaban J connectivity index is 2.08. The van der Waals surface area contributed by atoms with Gasteiger partial charge in [0.1, 0.15) is 11.6 Å². The number of hydrogen-bond donors (Lipinski definition) is 2. The summed E-state index contributed by atoms with van der Waals surface area (Å²) in [4.78, 5) is 0. The van der Waals surface area contributed by atoms with Crippen LogP contribution >= 0.6 is 0 Å². The molecule has 2 nitrogen and oxygen atoms in total. The molecule has 0 aliphatic heterocycles. The van der Waals surface area contributed by atoms with Crippen LogP contribution in [0.5, 0.6) is 0 Å². The van der Waals surface area contributed by atoms with Gasteiger partial charge in [0.25, 0.3) is 0 Å². The molecule has 1 aliphatic rings. The first kappa shape index (κ1) is 11.5. The van der Waals surface area contributed by atoms with Gasteiger partial charge in [-0.2, -0.15) is 0 Å². The highest BCUT2D eigenvalue weighted by molar-refractivity contribution is 5.22. The summed E-state index contributed by atoms with van der Waals surface area (Å²) in [5, 5.41) is 13.1. The van der Waals surface area contributed by atoms with Crippen LogP contribution in [-0.2, 0) is 0 Å². The van der Waals surface area contributed by atoms with Crippen molar-refractivity contribution in [3.8, 4) is 0 Å². The monoisotopic (exact) mass is 227 g/mol. The van der Waals surface area contributed by atoms with Crippen LogP contribution in [0.2, 0.25) is 0 Å². The molecule has 1 aliphatic carbocycles. The predicted octanol–water partition coefficient (Wildman–Crippen LogP) is 2.14. The molecule has 1 aromatic carbocycles. The molecule has 1 saturated carbocycles. The summed E-state index contributed by atoms with van der Waals surface area (Å²) in [5.74, 6) is -1.33. The van der Waals surface area contributed by atoms with E-state index in [1.165, 1.54) is 6.07 Å². The second kappa shape index (κ2) is 4.47. The maximum atomic E-state index is 13.4. The highest BCUT2D eigenvalue weighted by atomic mass is 19.1. The molecular formula is C12H15F2NO. The van der Waals surface area contributed by atoms with Crippen molar-refractivity contribution in [2.75, 3.05) is 0 Å². The molecule has 0 bridgehead atoms. The van der Waals surface area contributed by atoms with E-state index in [4.69, 9.17) is 0 Å². The van der Waals surface area contributed by atoms with Gasteiger partial charge in [-0.1, -0.05) is 6.07 Å². The molecule has 0 aromatic heterocycles. The van der Waals surface area contributed by atoms with Crippen LogP contribution < -0.4 is 5.32 Å². The lowest BCUT2D eigenvalue weighted by atomic mass is 10.0. The highest BCUT2D eigenvalue weighted by Gasteiger charge is 2.27. The number of benzene rings is 1. The van der Waals surface area contributed by atoms with E-state index in [1.54, 1.807) is 6.92 Å². The Morgan fingerprint density at radius 1 is 1.38 bits per heavy atom. The molecule has 4 heteroatoms. The third-order valence-electron chi connectivity index (χ3n) is 2.83. The molecule has 1 aromatic rings. The highest BCUT2D eigenvalue weighted by Crippen LogP contribution is 2.25. The number of halogens is 2. The van der Waals surface area contributed by atoms with E-state index in [9.17, 15) is 13.9 Å². The minimum Gasteiger partial charge on any atom is -0.387 e. The molecular weight excluding hydrogens is 212 g/mol. The molecule has 2 unspecified atom stereocenters. The van der Waals surface area contributed by atoms with Crippen molar-refractivity contribution >= 4 is 0 Å². The summed E-state index contributed by atoms with van der Waals surface area (Å²) in [6, 6.07) is 3.45. The van der Waals surface area contributed by atoms with Crippen molar-refractivity contribution in [1.82, 2.24) is 5.32 Å². The summed E-state index contributed by atoms with van der Waals surface area (Å²) in [5.41, 5.74) is 0.141. The minimum absolute atomic E-state index is 0.141. The van der Waals surface area contributed by atoms with Crippen LogP contribution in [-0.4, -0.2) is 17.2 Å². The molecule has 88 valence electrons. The Morgan fingerprint density at radius 2 is 2.06 bits per heavy atom. The topological polar surface area (TPSA) is 32.3 Å². The van der Waals surface area contributed by atoms with Crippen molar-refractivity contribution in [1.29, 1.82) is 0 Å². The maximum Gasteiger partial charge on any atom is 0.131 e. The Morgan fingerprint density at radius 3 is 2.62 bits per heavy atom. The third-order valence-corrected chi connectivity index (χ3v) is 2.83. The van der Waals surface area contributed by atoms with E-state index in [-0.39, 0.29) is 11.6 Å². The van der Waals surface area contributed by atoms with Crippen molar-refractivity contribution in [3.05, 3.63) is 35.4 Å². The zero-order valence-electron chi connectivity index (χ0n) is 9.08. The lowest BCUT2D eigenvalue weighted by molar-refractivity contribution is 0.131. The summed E-state index contributed by atoms with van der Waals surface area (Å²) in [6.45, 7) is 1.80. The summed E-state index contributed by atoms with van der Waals surface area (Å²) >= 11 is 0. The molecule has 1 fully saturated rings. The fourth-order valence-corrected chi connectivity index (χ4v) is 1.72. The number of aliphatic hydroxyl groups excluding tert-OH is 1. The van der Waals surface area contributed by atoms with Gasteiger partial charge in [-0.25, -0.2) is 8.78 Å². The molecule has 2 atom stereocenters. The van der Waals surface area contributed by atoms with E-state index in [2.05, 4.69) is 5.32 Å². The van der Waals surface area contributed by atoms with Crippen LogP contribution in [0.3, 0.4) is 0 Å². The second-order valence-corrected chi connectivity index (χ2v) is 4.34. The van der Waals surface area contributed by atoms with E-state index in [1.807, 2.05) is 0 Å². The number of rotatable bonds is 4. The molecule has 0 spiro atoms. The lowest BCUT2D eigenvalue weighted by Gasteiger charge is -2.20. The van der Waals surface area contributed by atoms with Crippen molar-refractivity contribution in [2.24, 2.45) is 0 Å². The fourth-order valence-electron chi connectivity index (χ4n) is 1.72. The average Bonchev–Trinajstić information content (AvgIpc) is 3.00. The summed E-state index contributed by atoms with van der Waals surface area (Å²) < 4.78 is 26.1. The first-order chi connectivity index (χ1) is 7.58. The molecule has 0 heterocycles. The summed E-state index contributed by atoms with van der Waals surface area (Å²) in [7, 11) is 0. The van der Waals surface area contributed by atoms with Crippen LogP contribution in [0.4, 0.5) is 8.78 Å². The van der Waals surface area contributed by atoms with Crippen molar-refractivity contribution in [2.45, 2.75) is 38.0 Å². The largest absolute Gasteiger partial charge is 0.387 e. The van der Waals surface area contributed by atoms with Gasteiger partial charge < -0.3 is 10.4 Å². The van der Waals surface area contributed by atoms with E-state index in [0.717, 1.165) is 25.0 Å². The van der Waals surface area contributed by atoms with E-state index < -0.39 is 17.7 Å². The average molecular weight is 227 g/mol. The van der Waals surface area contributed by atoms with Gasteiger partial charge in [0.15, 0.2) is 0 Å². The maximum absolute atomic E-state index is 13.4. The van der Waals surface area contributed by atoms with Gasteiger partial charge in [0, 0.05) is 23.7 Å². The SMILES string of the molecule is CC(NC1CC1)C(O)c1ccc(F)cc1F. The Bertz CT molecular complexity index is 379. The molecule has 16 heavy (non-hydrogen) atoms. The second-order valence-electron chi connectivity index (χ2n) is 4.34. The fraction of sp³-hybridized carbons (Fsp3) is 0.500. The first-order valence-electron chi connectivity index (χ1n) is 5.47. The van der Waals surface area contributed by atoms with Crippen LogP contribution in [0, 0.1) is 11.6 Å². The normalized spacial score (nSPS) is 19.5.